The van der Waals surface area contributed by atoms with Crippen molar-refractivity contribution in [2.24, 2.45) is 0 Å². The molecule has 0 atom stereocenters. The van der Waals surface area contributed by atoms with Gasteiger partial charge in [-0.15, -0.1) is 11.3 Å². The molecule has 0 aliphatic carbocycles. The first kappa shape index (κ1) is 14.6. The van der Waals surface area contributed by atoms with Crippen LogP contribution in [0.2, 0.25) is 0 Å². The summed E-state index contributed by atoms with van der Waals surface area (Å²) in [6.07, 6.45) is -3.48. The third-order valence-corrected chi connectivity index (χ3v) is 3.79. The molecule has 2 heterocycles. The van der Waals surface area contributed by atoms with Gasteiger partial charge in [0, 0.05) is 17.6 Å². The average Bonchev–Trinajstić information content (AvgIpc) is 2.99. The van der Waals surface area contributed by atoms with Gasteiger partial charge in [-0.05, 0) is 12.1 Å². The number of thiazole rings is 1. The summed E-state index contributed by atoms with van der Waals surface area (Å²) in [5.74, 6) is -1.06. The highest BCUT2D eigenvalue weighted by Gasteiger charge is 2.40. The van der Waals surface area contributed by atoms with Crippen LogP contribution < -0.4 is 10.2 Å². The number of nitrogens with zero attached hydrogens (tertiary/aromatic N) is 1. The molecule has 3 rings (SSSR count). The Balaban J connectivity index is 2.43. The van der Waals surface area contributed by atoms with E-state index in [1.807, 2.05) is 0 Å². The summed E-state index contributed by atoms with van der Waals surface area (Å²) < 4.78 is 49.6. The smallest absolute Gasteiger partial charge is 0.450 e. The highest BCUT2D eigenvalue weighted by atomic mass is 32.1. The maximum Gasteiger partial charge on any atom is 0.450 e. The Morgan fingerprint density at radius 2 is 2.09 bits per heavy atom. The Labute approximate surface area is 125 Å². The fourth-order valence-electron chi connectivity index (χ4n) is 2.04. The molecule has 8 heteroatoms. The van der Waals surface area contributed by atoms with Crippen molar-refractivity contribution in [3.05, 3.63) is 45.8 Å². The van der Waals surface area contributed by atoms with Gasteiger partial charge in [-0.1, -0.05) is 0 Å². The summed E-state index contributed by atoms with van der Waals surface area (Å²) in [4.78, 5) is 16.3. The molecule has 0 fully saturated rings. The van der Waals surface area contributed by atoms with Crippen LogP contribution in [-0.4, -0.2) is 12.1 Å². The number of ether oxygens (including phenoxy) is 1. The lowest BCUT2D eigenvalue weighted by atomic mass is 10.1. The molecule has 1 aromatic carbocycles. The minimum absolute atomic E-state index is 0.0289. The number of halogens is 3. The molecule has 0 radical (unpaired) electrons. The highest BCUT2D eigenvalue weighted by Crippen LogP contribution is 2.38. The average molecular weight is 327 g/mol. The van der Waals surface area contributed by atoms with Crippen LogP contribution in [0.25, 0.3) is 21.5 Å². The summed E-state index contributed by atoms with van der Waals surface area (Å²) in [5, 5.41) is 1.51. The van der Waals surface area contributed by atoms with Gasteiger partial charge in [0.05, 0.1) is 12.5 Å². The van der Waals surface area contributed by atoms with E-state index in [1.54, 1.807) is 0 Å². The molecule has 0 amide bonds. The van der Waals surface area contributed by atoms with Gasteiger partial charge in [0.25, 0.3) is 0 Å². The molecule has 4 nitrogen and oxygen atoms in total. The maximum atomic E-state index is 13.2. The lowest BCUT2D eigenvalue weighted by Crippen LogP contribution is -2.16. The third-order valence-electron chi connectivity index (χ3n) is 3.00. The van der Waals surface area contributed by atoms with Crippen LogP contribution in [-0.2, 0) is 6.18 Å². The number of hydrogen-bond acceptors (Lipinski definition) is 5. The second-order valence-corrected chi connectivity index (χ2v) is 5.23. The lowest BCUT2D eigenvalue weighted by Gasteiger charge is -2.11. The zero-order chi connectivity index (χ0) is 15.9. The summed E-state index contributed by atoms with van der Waals surface area (Å²) in [7, 11) is 1.37. The summed E-state index contributed by atoms with van der Waals surface area (Å²) in [5.41, 5.74) is -1.52. The minimum atomic E-state index is -4.81. The van der Waals surface area contributed by atoms with Crippen LogP contribution in [0.3, 0.4) is 0 Å². The number of fused-ring (bicyclic) bond motifs is 1. The third kappa shape index (κ3) is 2.35. The molecule has 0 bridgehead atoms. The monoisotopic (exact) mass is 327 g/mol. The normalized spacial score (nSPS) is 11.8. The number of rotatable bonds is 2. The van der Waals surface area contributed by atoms with Gasteiger partial charge < -0.3 is 9.15 Å². The molecule has 0 saturated carbocycles. The van der Waals surface area contributed by atoms with E-state index in [0.717, 1.165) is 11.3 Å². The molecule has 0 unspecified atom stereocenters. The second-order valence-electron chi connectivity index (χ2n) is 4.33. The number of alkyl halides is 3. The minimum Gasteiger partial charge on any atom is -0.497 e. The molecule has 0 spiro atoms. The van der Waals surface area contributed by atoms with Crippen LogP contribution in [0.15, 0.2) is 39.0 Å². The molecule has 0 N–H and O–H groups in total. The fourth-order valence-corrected chi connectivity index (χ4v) is 2.72. The van der Waals surface area contributed by atoms with E-state index in [1.165, 1.54) is 36.9 Å². The first-order valence-electron chi connectivity index (χ1n) is 6.03. The van der Waals surface area contributed by atoms with Gasteiger partial charge >= 0.3 is 6.18 Å². The summed E-state index contributed by atoms with van der Waals surface area (Å²) in [6, 6.07) is 4.10. The van der Waals surface area contributed by atoms with Crippen molar-refractivity contribution in [1.82, 2.24) is 4.98 Å². The van der Waals surface area contributed by atoms with Crippen molar-refractivity contribution in [2.75, 3.05) is 7.11 Å². The van der Waals surface area contributed by atoms with Crippen LogP contribution >= 0.6 is 11.3 Å². The van der Waals surface area contributed by atoms with E-state index >= 15 is 0 Å². The van der Waals surface area contributed by atoms with Crippen LogP contribution in [0.1, 0.15) is 5.76 Å². The predicted molar refractivity (Wildman–Crippen MR) is 75.1 cm³/mol. The largest absolute Gasteiger partial charge is 0.497 e. The SMILES string of the molecule is COc1ccc2c(=O)c(-c3nccs3)c(C(F)(F)F)oc2c1. The zero-order valence-corrected chi connectivity index (χ0v) is 11.9. The topological polar surface area (TPSA) is 52.3 Å². The van der Waals surface area contributed by atoms with Gasteiger partial charge in [-0.3, -0.25) is 4.79 Å². The standard InChI is InChI=1S/C14H8F3NO3S/c1-20-7-2-3-8-9(6-7)21-12(14(15,16)17)10(11(8)19)13-18-4-5-22-13/h2-6H,1H3. The fraction of sp³-hybridized carbons (Fsp3) is 0.143. The van der Waals surface area contributed by atoms with Gasteiger partial charge in [-0.2, -0.15) is 13.2 Å². The molecule has 114 valence electrons. The van der Waals surface area contributed by atoms with Crippen molar-refractivity contribution < 1.29 is 22.3 Å². The quantitative estimate of drug-likeness (QED) is 0.715. The van der Waals surface area contributed by atoms with Gasteiger partial charge in [-0.25, -0.2) is 4.98 Å². The number of hydrogen-bond donors (Lipinski definition) is 0. The first-order chi connectivity index (χ1) is 10.4. The molecule has 0 aliphatic heterocycles. The van der Waals surface area contributed by atoms with E-state index in [2.05, 4.69) is 4.98 Å². The van der Waals surface area contributed by atoms with E-state index < -0.39 is 22.9 Å². The number of benzene rings is 1. The van der Waals surface area contributed by atoms with E-state index in [9.17, 15) is 18.0 Å². The first-order valence-corrected chi connectivity index (χ1v) is 6.91. The van der Waals surface area contributed by atoms with Gasteiger partial charge in [0.2, 0.25) is 11.2 Å². The van der Waals surface area contributed by atoms with E-state index in [4.69, 9.17) is 9.15 Å². The van der Waals surface area contributed by atoms with E-state index in [0.29, 0.717) is 5.75 Å². The molecule has 3 aromatic rings. The predicted octanol–water partition coefficient (Wildman–Crippen LogP) is 3.94. The zero-order valence-electron chi connectivity index (χ0n) is 11.1. The Hall–Kier alpha value is -2.35. The van der Waals surface area contributed by atoms with Crippen molar-refractivity contribution in [1.29, 1.82) is 0 Å². The van der Waals surface area contributed by atoms with Crippen LogP contribution in [0.4, 0.5) is 13.2 Å². The molecule has 2 aromatic heterocycles. The van der Waals surface area contributed by atoms with Crippen LogP contribution in [0, 0.1) is 0 Å². The molecule has 22 heavy (non-hydrogen) atoms. The van der Waals surface area contributed by atoms with Gasteiger partial charge in [0.1, 0.15) is 21.9 Å². The number of methoxy groups -OCH3 is 1. The molecular formula is C14H8F3NO3S. The molecular weight excluding hydrogens is 319 g/mol. The second kappa shape index (κ2) is 5.13. The van der Waals surface area contributed by atoms with E-state index in [-0.39, 0.29) is 16.0 Å². The van der Waals surface area contributed by atoms with Crippen molar-refractivity contribution >= 4 is 22.3 Å². The molecule has 0 aliphatic rings. The van der Waals surface area contributed by atoms with Crippen molar-refractivity contribution in [3.8, 4) is 16.3 Å². The van der Waals surface area contributed by atoms with Crippen molar-refractivity contribution in [3.63, 3.8) is 0 Å². The maximum absolute atomic E-state index is 13.2. The Bertz CT molecular complexity index is 885. The number of aromatic nitrogens is 1. The summed E-state index contributed by atoms with van der Waals surface area (Å²) in [6.45, 7) is 0. The van der Waals surface area contributed by atoms with Gasteiger partial charge in [0.15, 0.2) is 0 Å². The Morgan fingerprint density at radius 1 is 1.32 bits per heavy atom. The summed E-state index contributed by atoms with van der Waals surface area (Å²) >= 11 is 0.941. The molecule has 0 saturated heterocycles. The Morgan fingerprint density at radius 3 is 2.68 bits per heavy atom. The highest BCUT2D eigenvalue weighted by molar-refractivity contribution is 7.13. The van der Waals surface area contributed by atoms with Crippen molar-refractivity contribution in [2.45, 2.75) is 6.18 Å². The van der Waals surface area contributed by atoms with Crippen LogP contribution in [0.5, 0.6) is 5.75 Å². The lowest BCUT2D eigenvalue weighted by molar-refractivity contribution is -0.152. The Kier molecular flexibility index (Phi) is 3.40.